The SMILES string of the molecule is CC(C)(O)C(C)(C)OB(O)c1cccc(Cl)c1CN1CCCC1. The van der Waals surface area contributed by atoms with Crippen molar-refractivity contribution in [3.8, 4) is 0 Å². The van der Waals surface area contributed by atoms with Crippen molar-refractivity contribution in [3.05, 3.63) is 28.8 Å². The van der Waals surface area contributed by atoms with Crippen molar-refractivity contribution in [2.75, 3.05) is 13.1 Å². The van der Waals surface area contributed by atoms with Crippen LogP contribution in [0.3, 0.4) is 0 Å². The molecule has 0 bridgehead atoms. The van der Waals surface area contributed by atoms with E-state index in [-0.39, 0.29) is 0 Å². The molecule has 0 unspecified atom stereocenters. The summed E-state index contributed by atoms with van der Waals surface area (Å²) in [6.07, 6.45) is 2.40. The average molecular weight is 340 g/mol. The summed E-state index contributed by atoms with van der Waals surface area (Å²) in [7, 11) is -1.13. The van der Waals surface area contributed by atoms with Gasteiger partial charge in [-0.3, -0.25) is 4.90 Å². The van der Waals surface area contributed by atoms with Gasteiger partial charge in [0.05, 0.1) is 11.2 Å². The lowest BCUT2D eigenvalue weighted by Gasteiger charge is -2.38. The monoisotopic (exact) mass is 339 g/mol. The number of halogens is 1. The first kappa shape index (κ1) is 18.7. The third-order valence-corrected chi connectivity index (χ3v) is 5.24. The molecule has 1 saturated heterocycles. The molecule has 128 valence electrons. The highest BCUT2D eigenvalue weighted by atomic mass is 35.5. The third kappa shape index (κ3) is 4.49. The fourth-order valence-corrected chi connectivity index (χ4v) is 2.87. The zero-order valence-corrected chi connectivity index (χ0v) is 15.2. The lowest BCUT2D eigenvalue weighted by molar-refractivity contribution is -0.0982. The minimum atomic E-state index is -1.13. The summed E-state index contributed by atoms with van der Waals surface area (Å²) in [5.74, 6) is 0. The summed E-state index contributed by atoms with van der Waals surface area (Å²) in [6.45, 7) is 9.68. The second kappa shape index (κ2) is 7.12. The van der Waals surface area contributed by atoms with Crippen molar-refractivity contribution in [2.24, 2.45) is 0 Å². The van der Waals surface area contributed by atoms with E-state index in [4.69, 9.17) is 16.3 Å². The first-order chi connectivity index (χ1) is 10.6. The Balaban J connectivity index is 2.22. The molecule has 0 amide bonds. The summed E-state index contributed by atoms with van der Waals surface area (Å²) in [5.41, 5.74) is -0.418. The molecular weight excluding hydrogens is 312 g/mol. The Morgan fingerprint density at radius 2 is 1.83 bits per heavy atom. The average Bonchev–Trinajstić information content (AvgIpc) is 2.92. The molecule has 0 aromatic heterocycles. The second-order valence-electron chi connectivity index (χ2n) is 7.33. The molecule has 0 saturated carbocycles. The molecule has 4 nitrogen and oxygen atoms in total. The van der Waals surface area contributed by atoms with Crippen molar-refractivity contribution in [1.29, 1.82) is 0 Å². The molecule has 0 aliphatic carbocycles. The van der Waals surface area contributed by atoms with Crippen molar-refractivity contribution in [1.82, 2.24) is 4.90 Å². The van der Waals surface area contributed by atoms with Gasteiger partial charge in [0.1, 0.15) is 0 Å². The van der Waals surface area contributed by atoms with Gasteiger partial charge < -0.3 is 14.8 Å². The maximum absolute atomic E-state index is 10.6. The second-order valence-corrected chi connectivity index (χ2v) is 7.74. The molecule has 1 aromatic rings. The molecule has 1 aliphatic heterocycles. The van der Waals surface area contributed by atoms with Gasteiger partial charge in [0, 0.05) is 11.6 Å². The van der Waals surface area contributed by atoms with E-state index < -0.39 is 18.3 Å². The quantitative estimate of drug-likeness (QED) is 0.780. The standard InChI is InChI=1S/C17H27BClNO3/c1-16(2,21)17(3,4)23-18(22)14-8-7-9-15(19)13(14)12-20-10-5-6-11-20/h7-9,21-22H,5-6,10-12H2,1-4H3. The van der Waals surface area contributed by atoms with E-state index in [2.05, 4.69) is 4.90 Å². The molecule has 23 heavy (non-hydrogen) atoms. The Morgan fingerprint density at radius 3 is 2.39 bits per heavy atom. The Morgan fingerprint density at radius 1 is 1.22 bits per heavy atom. The van der Waals surface area contributed by atoms with Crippen molar-refractivity contribution < 1.29 is 14.8 Å². The summed E-state index contributed by atoms with van der Waals surface area (Å²) < 4.78 is 5.78. The zero-order valence-electron chi connectivity index (χ0n) is 14.5. The number of hydrogen-bond acceptors (Lipinski definition) is 4. The Hall–Kier alpha value is -0.585. The normalized spacial score (nSPS) is 16.8. The van der Waals surface area contributed by atoms with Crippen LogP contribution in [0.4, 0.5) is 0 Å². The number of hydrogen-bond donors (Lipinski definition) is 2. The van der Waals surface area contributed by atoms with E-state index in [1.165, 1.54) is 12.8 Å². The Labute approximate surface area is 144 Å². The lowest BCUT2D eigenvalue weighted by atomic mass is 9.74. The van der Waals surface area contributed by atoms with Crippen LogP contribution in [0.1, 0.15) is 46.1 Å². The summed E-state index contributed by atoms with van der Waals surface area (Å²) in [4.78, 5) is 2.33. The van der Waals surface area contributed by atoms with Gasteiger partial charge in [-0.25, -0.2) is 0 Å². The van der Waals surface area contributed by atoms with Crippen LogP contribution in [0.5, 0.6) is 0 Å². The van der Waals surface area contributed by atoms with E-state index >= 15 is 0 Å². The topological polar surface area (TPSA) is 52.9 Å². The largest absolute Gasteiger partial charge is 0.492 e. The predicted octanol–water partition coefficient (Wildman–Crippen LogP) is 2.19. The fourth-order valence-electron chi connectivity index (χ4n) is 2.62. The number of likely N-dealkylation sites (tertiary alicyclic amines) is 1. The van der Waals surface area contributed by atoms with Gasteiger partial charge in [0.25, 0.3) is 0 Å². The van der Waals surface area contributed by atoms with Crippen LogP contribution in [0.15, 0.2) is 18.2 Å². The predicted molar refractivity (Wildman–Crippen MR) is 95.0 cm³/mol. The molecule has 1 aliphatic rings. The van der Waals surface area contributed by atoms with Gasteiger partial charge >= 0.3 is 7.12 Å². The molecule has 1 fully saturated rings. The van der Waals surface area contributed by atoms with E-state index in [0.717, 1.165) is 18.7 Å². The molecule has 0 atom stereocenters. The molecule has 0 spiro atoms. The van der Waals surface area contributed by atoms with Gasteiger partial charge in [-0.2, -0.15) is 0 Å². The van der Waals surface area contributed by atoms with E-state index in [1.807, 2.05) is 18.2 Å². The minimum absolute atomic E-state index is 0.637. The Bertz CT molecular complexity index is 539. The zero-order chi connectivity index (χ0) is 17.3. The molecule has 1 heterocycles. The van der Waals surface area contributed by atoms with Gasteiger partial charge in [-0.1, -0.05) is 23.7 Å². The molecule has 0 radical (unpaired) electrons. The van der Waals surface area contributed by atoms with Crippen molar-refractivity contribution in [3.63, 3.8) is 0 Å². The van der Waals surface area contributed by atoms with E-state index in [9.17, 15) is 10.1 Å². The maximum Gasteiger partial charge on any atom is 0.492 e. The highest BCUT2D eigenvalue weighted by Gasteiger charge is 2.40. The van der Waals surface area contributed by atoms with Gasteiger partial charge in [0.2, 0.25) is 0 Å². The molecule has 1 aromatic carbocycles. The van der Waals surface area contributed by atoms with Crippen LogP contribution in [-0.4, -0.2) is 46.4 Å². The Kier molecular flexibility index (Phi) is 5.80. The number of nitrogens with zero attached hydrogens (tertiary/aromatic N) is 1. The highest BCUT2D eigenvalue weighted by molar-refractivity contribution is 6.61. The van der Waals surface area contributed by atoms with Gasteiger partial charge in [0.15, 0.2) is 0 Å². The first-order valence-electron chi connectivity index (χ1n) is 8.20. The molecule has 2 N–H and O–H groups in total. The van der Waals surface area contributed by atoms with Crippen LogP contribution in [0.25, 0.3) is 0 Å². The van der Waals surface area contributed by atoms with Crippen molar-refractivity contribution >= 4 is 24.2 Å². The molecular formula is C17H27BClNO3. The summed E-state index contributed by atoms with van der Waals surface area (Å²) in [5, 5.41) is 21.4. The molecule has 6 heteroatoms. The maximum atomic E-state index is 10.6. The highest BCUT2D eigenvalue weighted by Crippen LogP contribution is 2.26. The van der Waals surface area contributed by atoms with E-state index in [0.29, 0.717) is 17.0 Å². The van der Waals surface area contributed by atoms with Crippen LogP contribution in [0.2, 0.25) is 5.02 Å². The first-order valence-corrected chi connectivity index (χ1v) is 8.57. The third-order valence-electron chi connectivity index (χ3n) is 4.88. The summed E-state index contributed by atoms with van der Waals surface area (Å²) >= 11 is 6.37. The van der Waals surface area contributed by atoms with Crippen LogP contribution >= 0.6 is 11.6 Å². The van der Waals surface area contributed by atoms with Crippen LogP contribution in [0, 0.1) is 0 Å². The van der Waals surface area contributed by atoms with Crippen LogP contribution in [-0.2, 0) is 11.2 Å². The number of rotatable bonds is 6. The smallest absolute Gasteiger partial charge is 0.423 e. The van der Waals surface area contributed by atoms with E-state index in [1.54, 1.807) is 27.7 Å². The lowest BCUT2D eigenvalue weighted by Crippen LogP contribution is -2.53. The van der Waals surface area contributed by atoms with Crippen LogP contribution < -0.4 is 5.46 Å². The fraction of sp³-hybridized carbons (Fsp3) is 0.647. The van der Waals surface area contributed by atoms with Gasteiger partial charge in [-0.15, -0.1) is 0 Å². The van der Waals surface area contributed by atoms with Crippen molar-refractivity contribution in [2.45, 2.75) is 58.3 Å². The minimum Gasteiger partial charge on any atom is -0.423 e. The number of benzene rings is 1. The number of aliphatic hydroxyl groups is 1. The summed E-state index contributed by atoms with van der Waals surface area (Å²) in [6, 6.07) is 5.49. The molecule has 2 rings (SSSR count). The van der Waals surface area contributed by atoms with Gasteiger partial charge in [-0.05, 0) is 70.7 Å².